The summed E-state index contributed by atoms with van der Waals surface area (Å²) in [5.41, 5.74) is 1.66. The number of nitrogens with one attached hydrogen (secondary N) is 1. The van der Waals surface area contributed by atoms with Crippen LogP contribution in [0.15, 0.2) is 48.5 Å². The topological polar surface area (TPSA) is 73.3 Å². The van der Waals surface area contributed by atoms with E-state index in [1.165, 1.54) is 11.5 Å². The smallest absolute Gasteiger partial charge is 0.298 e. The van der Waals surface area contributed by atoms with Crippen LogP contribution in [-0.4, -0.2) is 28.4 Å². The first-order valence-corrected chi connectivity index (χ1v) is 10.3. The second-order valence-corrected chi connectivity index (χ2v) is 7.83. The highest BCUT2D eigenvalue weighted by Gasteiger charge is 2.16. The molecule has 1 heterocycles. The molecule has 0 aliphatic heterocycles. The number of carbonyl (C=O) groups is 1. The average Bonchev–Trinajstić information content (AvgIpc) is 3.15. The highest BCUT2D eigenvalue weighted by Crippen LogP contribution is 2.33. The van der Waals surface area contributed by atoms with Crippen LogP contribution in [0.2, 0.25) is 0 Å². The van der Waals surface area contributed by atoms with E-state index in [-0.39, 0.29) is 11.9 Å². The Bertz CT molecular complexity index is 957. The summed E-state index contributed by atoms with van der Waals surface area (Å²) in [5.74, 6) is 1.87. The Morgan fingerprint density at radius 3 is 2.55 bits per heavy atom. The Morgan fingerprint density at radius 1 is 1.10 bits per heavy atom. The van der Waals surface area contributed by atoms with E-state index in [1.54, 1.807) is 25.3 Å². The summed E-state index contributed by atoms with van der Waals surface area (Å²) in [6.45, 7) is 6.12. The molecule has 0 saturated carbocycles. The van der Waals surface area contributed by atoms with Crippen LogP contribution < -0.4 is 14.8 Å². The van der Waals surface area contributed by atoms with Crippen molar-refractivity contribution < 1.29 is 14.3 Å². The molecule has 3 rings (SSSR count). The van der Waals surface area contributed by atoms with Gasteiger partial charge >= 0.3 is 0 Å². The molecule has 0 aliphatic carbocycles. The Balaban J connectivity index is 1.70. The largest absolute Gasteiger partial charge is 0.493 e. The predicted molar refractivity (Wildman–Crippen MR) is 114 cm³/mol. The third-order valence-electron chi connectivity index (χ3n) is 4.64. The maximum Gasteiger partial charge on any atom is 0.298 e. The molecule has 0 aliphatic rings. The first-order valence-electron chi connectivity index (χ1n) is 9.49. The SMILES string of the molecule is COc1cc(C(=O)N[C@@H](C)C(C)C)ccc1Oc1nc(Cc2ccccc2)ns1. The van der Waals surface area contributed by atoms with Gasteiger partial charge in [-0.25, -0.2) is 0 Å². The number of aromatic nitrogens is 2. The van der Waals surface area contributed by atoms with Crippen molar-refractivity contribution in [2.24, 2.45) is 5.92 Å². The van der Waals surface area contributed by atoms with Crippen molar-refractivity contribution in [3.63, 3.8) is 0 Å². The van der Waals surface area contributed by atoms with Gasteiger partial charge < -0.3 is 14.8 Å². The fourth-order valence-corrected chi connectivity index (χ4v) is 3.14. The van der Waals surface area contributed by atoms with Crippen LogP contribution in [-0.2, 0) is 6.42 Å². The quantitative estimate of drug-likeness (QED) is 0.581. The van der Waals surface area contributed by atoms with Crippen molar-refractivity contribution in [3.8, 4) is 16.7 Å². The number of ether oxygens (including phenoxy) is 2. The van der Waals surface area contributed by atoms with Gasteiger partial charge in [0.2, 0.25) is 0 Å². The van der Waals surface area contributed by atoms with Crippen molar-refractivity contribution >= 4 is 17.4 Å². The highest BCUT2D eigenvalue weighted by molar-refractivity contribution is 7.07. The summed E-state index contributed by atoms with van der Waals surface area (Å²) in [6.07, 6.45) is 0.644. The summed E-state index contributed by atoms with van der Waals surface area (Å²) >= 11 is 1.19. The summed E-state index contributed by atoms with van der Waals surface area (Å²) in [5, 5.41) is 3.42. The van der Waals surface area contributed by atoms with E-state index in [4.69, 9.17) is 9.47 Å². The van der Waals surface area contributed by atoms with Gasteiger partial charge in [0, 0.05) is 29.6 Å². The van der Waals surface area contributed by atoms with E-state index in [0.29, 0.717) is 40.4 Å². The molecule has 2 aromatic carbocycles. The fraction of sp³-hybridized carbons (Fsp3) is 0.318. The number of nitrogens with zero attached hydrogens (tertiary/aromatic N) is 2. The van der Waals surface area contributed by atoms with E-state index in [0.717, 1.165) is 5.56 Å². The third kappa shape index (κ3) is 5.54. The van der Waals surface area contributed by atoms with E-state index in [9.17, 15) is 4.79 Å². The summed E-state index contributed by atoms with van der Waals surface area (Å²) in [4.78, 5) is 16.9. The summed E-state index contributed by atoms with van der Waals surface area (Å²) in [7, 11) is 1.54. The van der Waals surface area contributed by atoms with Crippen molar-refractivity contribution in [3.05, 3.63) is 65.5 Å². The summed E-state index contributed by atoms with van der Waals surface area (Å²) in [6, 6.07) is 15.2. The number of benzene rings is 2. The van der Waals surface area contributed by atoms with E-state index in [2.05, 4.69) is 28.5 Å². The van der Waals surface area contributed by atoms with Gasteiger partial charge in [0.1, 0.15) is 0 Å². The molecule has 6 nitrogen and oxygen atoms in total. The normalized spacial score (nSPS) is 11.9. The molecule has 0 spiro atoms. The summed E-state index contributed by atoms with van der Waals surface area (Å²) < 4.78 is 15.6. The lowest BCUT2D eigenvalue weighted by Crippen LogP contribution is -2.36. The average molecular weight is 412 g/mol. The van der Waals surface area contributed by atoms with E-state index >= 15 is 0 Å². The Morgan fingerprint density at radius 2 is 1.86 bits per heavy atom. The molecule has 152 valence electrons. The molecule has 1 aromatic heterocycles. The molecule has 1 atom stereocenters. The molecule has 29 heavy (non-hydrogen) atoms. The maximum absolute atomic E-state index is 12.4. The first-order chi connectivity index (χ1) is 14.0. The number of methoxy groups -OCH3 is 1. The van der Waals surface area contributed by atoms with Crippen LogP contribution in [0, 0.1) is 5.92 Å². The van der Waals surface area contributed by atoms with Crippen molar-refractivity contribution in [1.29, 1.82) is 0 Å². The zero-order valence-corrected chi connectivity index (χ0v) is 17.8. The van der Waals surface area contributed by atoms with E-state index in [1.807, 2.05) is 37.3 Å². The van der Waals surface area contributed by atoms with Crippen LogP contribution >= 0.6 is 11.5 Å². The predicted octanol–water partition coefficient (Wildman–Crippen LogP) is 4.70. The molecular formula is C22H25N3O3S. The number of hydrogen-bond acceptors (Lipinski definition) is 6. The Kier molecular flexibility index (Phi) is 6.82. The maximum atomic E-state index is 12.4. The van der Waals surface area contributed by atoms with Crippen LogP contribution in [0.1, 0.15) is 42.5 Å². The lowest BCUT2D eigenvalue weighted by atomic mass is 10.1. The fourth-order valence-electron chi connectivity index (χ4n) is 2.57. The van der Waals surface area contributed by atoms with Crippen molar-refractivity contribution in [2.75, 3.05) is 7.11 Å². The van der Waals surface area contributed by atoms with Crippen LogP contribution in [0.5, 0.6) is 16.7 Å². The highest BCUT2D eigenvalue weighted by atomic mass is 32.1. The number of rotatable bonds is 8. The van der Waals surface area contributed by atoms with Gasteiger partial charge in [-0.3, -0.25) is 4.79 Å². The molecule has 0 radical (unpaired) electrons. The van der Waals surface area contributed by atoms with Crippen molar-refractivity contribution in [2.45, 2.75) is 33.2 Å². The molecule has 3 aromatic rings. The lowest BCUT2D eigenvalue weighted by Gasteiger charge is -2.18. The van der Waals surface area contributed by atoms with Gasteiger partial charge in [-0.1, -0.05) is 44.2 Å². The van der Waals surface area contributed by atoms with Crippen LogP contribution in [0.4, 0.5) is 0 Å². The minimum Gasteiger partial charge on any atom is -0.493 e. The van der Waals surface area contributed by atoms with Crippen LogP contribution in [0.25, 0.3) is 0 Å². The molecule has 0 bridgehead atoms. The molecular weight excluding hydrogens is 386 g/mol. The zero-order valence-electron chi connectivity index (χ0n) is 17.0. The molecule has 1 amide bonds. The standard InChI is InChI=1S/C22H25N3O3S/c1-14(2)15(3)23-21(26)17-10-11-18(19(13-17)27-4)28-22-24-20(25-29-22)12-16-8-6-5-7-9-16/h5-11,13-15H,12H2,1-4H3,(H,23,26)/t15-/m0/s1. The Labute approximate surface area is 175 Å². The molecule has 0 fully saturated rings. The van der Waals surface area contributed by atoms with Gasteiger partial charge in [0.25, 0.3) is 11.1 Å². The second-order valence-electron chi connectivity index (χ2n) is 7.11. The zero-order chi connectivity index (χ0) is 20.8. The van der Waals surface area contributed by atoms with Gasteiger partial charge in [0.15, 0.2) is 17.3 Å². The second kappa shape index (κ2) is 9.52. The molecule has 7 heteroatoms. The first kappa shape index (κ1) is 20.8. The minimum atomic E-state index is -0.142. The van der Waals surface area contributed by atoms with Gasteiger partial charge in [-0.15, -0.1) is 0 Å². The van der Waals surface area contributed by atoms with Crippen LogP contribution in [0.3, 0.4) is 0 Å². The molecule has 1 N–H and O–H groups in total. The number of hydrogen-bond donors (Lipinski definition) is 1. The van der Waals surface area contributed by atoms with Gasteiger partial charge in [0.05, 0.1) is 7.11 Å². The molecule has 0 unspecified atom stereocenters. The third-order valence-corrected chi connectivity index (χ3v) is 5.27. The minimum absolute atomic E-state index is 0.0776. The Hall–Kier alpha value is -2.93. The number of carbonyl (C=O) groups excluding carboxylic acids is 1. The van der Waals surface area contributed by atoms with Gasteiger partial charge in [-0.05, 0) is 36.6 Å². The van der Waals surface area contributed by atoms with Gasteiger partial charge in [-0.2, -0.15) is 9.36 Å². The molecule has 0 saturated heterocycles. The monoisotopic (exact) mass is 411 g/mol. The van der Waals surface area contributed by atoms with Crippen molar-refractivity contribution in [1.82, 2.24) is 14.7 Å². The lowest BCUT2D eigenvalue weighted by molar-refractivity contribution is 0.0930. The number of amides is 1. The van der Waals surface area contributed by atoms with E-state index < -0.39 is 0 Å².